The minimum absolute atomic E-state index is 0.0348. The molecule has 0 aliphatic carbocycles. The molecule has 0 aromatic heterocycles. The van der Waals surface area contributed by atoms with Crippen molar-refractivity contribution >= 4 is 11.9 Å². The van der Waals surface area contributed by atoms with Gasteiger partial charge in [0.05, 0.1) is 0 Å². The molecule has 0 saturated heterocycles. The van der Waals surface area contributed by atoms with Gasteiger partial charge in [-0.25, -0.2) is 0 Å². The molecular weight excluding hydrogens is 388 g/mol. The molecule has 0 amide bonds. The quantitative estimate of drug-likeness (QED) is 0.0988. The zero-order valence-corrected chi connectivity index (χ0v) is 20.5. The standard InChI is InChI=1S/C27H50O4/c1-3-5-6-7-8-9-10-11-12-13-14-16-19-22-25(31-27(30)4-2)23-20-17-15-18-21-24-26(28)29/h13-14,25H,3-12,15-24H2,1-2H3,(H,28,29)/b14-13-. The number of hydrogen-bond donors (Lipinski definition) is 1. The van der Waals surface area contributed by atoms with Crippen LogP contribution in [0.1, 0.15) is 142 Å². The van der Waals surface area contributed by atoms with E-state index in [0.717, 1.165) is 57.8 Å². The highest BCUT2D eigenvalue weighted by Crippen LogP contribution is 2.16. The van der Waals surface area contributed by atoms with Crippen molar-refractivity contribution in [3.05, 3.63) is 12.2 Å². The van der Waals surface area contributed by atoms with Crippen LogP contribution >= 0.6 is 0 Å². The average Bonchev–Trinajstić information content (AvgIpc) is 2.75. The summed E-state index contributed by atoms with van der Waals surface area (Å²) in [5, 5.41) is 8.66. The number of ether oxygens (including phenoxy) is 1. The fraction of sp³-hybridized carbons (Fsp3) is 0.852. The van der Waals surface area contributed by atoms with Gasteiger partial charge in [0.15, 0.2) is 0 Å². The van der Waals surface area contributed by atoms with Crippen LogP contribution in [0.4, 0.5) is 0 Å². The maximum absolute atomic E-state index is 11.7. The molecule has 0 rings (SSSR count). The number of hydrogen-bond acceptors (Lipinski definition) is 3. The molecule has 4 heteroatoms. The van der Waals surface area contributed by atoms with Crippen molar-refractivity contribution in [3.63, 3.8) is 0 Å². The number of carbonyl (C=O) groups excluding carboxylic acids is 1. The molecule has 1 atom stereocenters. The summed E-state index contributed by atoms with van der Waals surface area (Å²) in [7, 11) is 0. The summed E-state index contributed by atoms with van der Waals surface area (Å²) in [5.74, 6) is -0.810. The van der Waals surface area contributed by atoms with Crippen molar-refractivity contribution in [3.8, 4) is 0 Å². The molecule has 1 unspecified atom stereocenters. The molecule has 1 N–H and O–H groups in total. The predicted molar refractivity (Wildman–Crippen MR) is 130 cm³/mol. The lowest BCUT2D eigenvalue weighted by molar-refractivity contribution is -0.149. The third-order valence-corrected chi connectivity index (χ3v) is 5.79. The fourth-order valence-electron chi connectivity index (χ4n) is 3.81. The number of allylic oxidation sites excluding steroid dienone is 2. The summed E-state index contributed by atoms with van der Waals surface area (Å²) in [5.41, 5.74) is 0. The topological polar surface area (TPSA) is 63.6 Å². The molecular formula is C27H50O4. The summed E-state index contributed by atoms with van der Waals surface area (Å²) >= 11 is 0. The Morgan fingerprint density at radius 3 is 1.84 bits per heavy atom. The molecule has 0 spiro atoms. The van der Waals surface area contributed by atoms with Gasteiger partial charge in [-0.05, 0) is 51.4 Å². The van der Waals surface area contributed by atoms with E-state index in [1.165, 1.54) is 57.8 Å². The number of rotatable bonds is 23. The first-order chi connectivity index (χ1) is 15.1. The second-order valence-electron chi connectivity index (χ2n) is 8.83. The summed E-state index contributed by atoms with van der Waals surface area (Å²) < 4.78 is 5.63. The summed E-state index contributed by atoms with van der Waals surface area (Å²) in [6.07, 6.45) is 26.4. The lowest BCUT2D eigenvalue weighted by atomic mass is 10.0. The third-order valence-electron chi connectivity index (χ3n) is 5.79. The van der Waals surface area contributed by atoms with Gasteiger partial charge < -0.3 is 9.84 Å². The van der Waals surface area contributed by atoms with Crippen LogP contribution in [0, 0.1) is 0 Å². The number of esters is 1. The van der Waals surface area contributed by atoms with Gasteiger partial charge in [0, 0.05) is 12.8 Å². The van der Waals surface area contributed by atoms with E-state index < -0.39 is 5.97 Å². The largest absolute Gasteiger partial charge is 0.481 e. The monoisotopic (exact) mass is 438 g/mol. The van der Waals surface area contributed by atoms with Gasteiger partial charge in [-0.3, -0.25) is 9.59 Å². The molecule has 31 heavy (non-hydrogen) atoms. The van der Waals surface area contributed by atoms with E-state index in [1.807, 2.05) is 6.92 Å². The Labute approximate surface area is 192 Å². The van der Waals surface area contributed by atoms with Gasteiger partial charge >= 0.3 is 11.9 Å². The van der Waals surface area contributed by atoms with Crippen LogP contribution in [0.3, 0.4) is 0 Å². The Kier molecular flexibility index (Phi) is 22.4. The van der Waals surface area contributed by atoms with E-state index in [2.05, 4.69) is 19.1 Å². The lowest BCUT2D eigenvalue weighted by Gasteiger charge is -2.17. The van der Waals surface area contributed by atoms with E-state index in [0.29, 0.717) is 6.42 Å². The van der Waals surface area contributed by atoms with Gasteiger partial charge in [0.1, 0.15) is 6.10 Å². The lowest BCUT2D eigenvalue weighted by Crippen LogP contribution is -2.17. The Morgan fingerprint density at radius 1 is 0.710 bits per heavy atom. The maximum atomic E-state index is 11.7. The normalized spacial score (nSPS) is 12.3. The fourth-order valence-corrected chi connectivity index (χ4v) is 3.81. The van der Waals surface area contributed by atoms with Gasteiger partial charge in [0.25, 0.3) is 0 Å². The smallest absolute Gasteiger partial charge is 0.305 e. The summed E-state index contributed by atoms with van der Waals surface area (Å²) in [4.78, 5) is 22.2. The van der Waals surface area contributed by atoms with Crippen molar-refractivity contribution in [2.45, 2.75) is 148 Å². The molecule has 0 aromatic carbocycles. The van der Waals surface area contributed by atoms with Crippen LogP contribution < -0.4 is 0 Å². The van der Waals surface area contributed by atoms with Crippen molar-refractivity contribution in [2.24, 2.45) is 0 Å². The van der Waals surface area contributed by atoms with Gasteiger partial charge in [0.2, 0.25) is 0 Å². The molecule has 0 saturated carbocycles. The Balaban J connectivity index is 3.76. The minimum atomic E-state index is -0.710. The third kappa shape index (κ3) is 23.2. The first kappa shape index (κ1) is 29.7. The number of carbonyl (C=O) groups is 2. The average molecular weight is 439 g/mol. The molecule has 0 fully saturated rings. The second-order valence-corrected chi connectivity index (χ2v) is 8.83. The number of carboxylic acids is 1. The Bertz CT molecular complexity index is 445. The molecule has 0 radical (unpaired) electrons. The number of carboxylic acid groups (broad SMARTS) is 1. The van der Waals surface area contributed by atoms with Crippen LogP contribution in [0.2, 0.25) is 0 Å². The van der Waals surface area contributed by atoms with Crippen molar-refractivity contribution < 1.29 is 19.4 Å². The number of aliphatic carboxylic acids is 1. The second kappa shape index (κ2) is 23.3. The Hall–Kier alpha value is -1.32. The van der Waals surface area contributed by atoms with Crippen LogP contribution in [-0.2, 0) is 14.3 Å². The molecule has 0 aliphatic heterocycles. The molecule has 0 heterocycles. The highest BCUT2D eigenvalue weighted by molar-refractivity contribution is 5.69. The molecule has 0 bridgehead atoms. The SMILES string of the molecule is CCCCCCCCCC/C=C\CCCC(CCCCCCCC(=O)O)OC(=O)CC. The van der Waals surface area contributed by atoms with Crippen LogP contribution in [0.15, 0.2) is 12.2 Å². The van der Waals surface area contributed by atoms with E-state index in [9.17, 15) is 9.59 Å². The van der Waals surface area contributed by atoms with Gasteiger partial charge in [-0.2, -0.15) is 0 Å². The summed E-state index contributed by atoms with van der Waals surface area (Å²) in [6, 6.07) is 0. The minimum Gasteiger partial charge on any atom is -0.481 e. The van der Waals surface area contributed by atoms with Crippen molar-refractivity contribution in [1.29, 1.82) is 0 Å². The predicted octanol–water partition coefficient (Wildman–Crippen LogP) is 8.38. The van der Waals surface area contributed by atoms with Crippen LogP contribution in [-0.4, -0.2) is 23.1 Å². The van der Waals surface area contributed by atoms with Gasteiger partial charge in [-0.15, -0.1) is 0 Å². The van der Waals surface area contributed by atoms with Crippen LogP contribution in [0.5, 0.6) is 0 Å². The molecule has 0 aromatic rings. The van der Waals surface area contributed by atoms with E-state index in [4.69, 9.17) is 9.84 Å². The van der Waals surface area contributed by atoms with Crippen molar-refractivity contribution in [1.82, 2.24) is 0 Å². The molecule has 182 valence electrons. The van der Waals surface area contributed by atoms with E-state index >= 15 is 0 Å². The highest BCUT2D eigenvalue weighted by atomic mass is 16.5. The zero-order chi connectivity index (χ0) is 23.0. The maximum Gasteiger partial charge on any atom is 0.305 e. The highest BCUT2D eigenvalue weighted by Gasteiger charge is 2.12. The Morgan fingerprint density at radius 2 is 1.23 bits per heavy atom. The first-order valence-electron chi connectivity index (χ1n) is 13.2. The molecule has 0 aliphatic rings. The zero-order valence-electron chi connectivity index (χ0n) is 20.5. The summed E-state index contributed by atoms with van der Waals surface area (Å²) in [6.45, 7) is 4.11. The first-order valence-corrected chi connectivity index (χ1v) is 13.2. The number of unbranched alkanes of at least 4 members (excludes halogenated alkanes) is 13. The van der Waals surface area contributed by atoms with Crippen LogP contribution in [0.25, 0.3) is 0 Å². The van der Waals surface area contributed by atoms with Crippen molar-refractivity contribution in [2.75, 3.05) is 0 Å². The van der Waals surface area contributed by atoms with Gasteiger partial charge in [-0.1, -0.05) is 90.2 Å². The van der Waals surface area contributed by atoms with E-state index in [1.54, 1.807) is 0 Å². The van der Waals surface area contributed by atoms with E-state index in [-0.39, 0.29) is 18.5 Å². The molecule has 4 nitrogen and oxygen atoms in total.